The highest BCUT2D eigenvalue weighted by Gasteiger charge is 2.20. The predicted octanol–water partition coefficient (Wildman–Crippen LogP) is 1.70. The average Bonchev–Trinajstić information content (AvgIpc) is 2.68. The van der Waals surface area contributed by atoms with Crippen LogP contribution in [0.25, 0.3) is 0 Å². The Hall–Kier alpha value is -1.03. The van der Waals surface area contributed by atoms with Crippen LogP contribution in [0, 0.1) is 6.92 Å². The second-order valence-electron chi connectivity index (χ2n) is 4.98. The molecule has 1 aromatic heterocycles. The van der Waals surface area contributed by atoms with Gasteiger partial charge in [-0.2, -0.15) is 5.10 Å². The topological polar surface area (TPSA) is 33.1 Å². The Bertz CT molecular complexity index is 331. The van der Waals surface area contributed by atoms with Crippen LogP contribution in [0.4, 0.5) is 5.82 Å². The van der Waals surface area contributed by atoms with Gasteiger partial charge in [0.05, 0.1) is 0 Å². The quantitative estimate of drug-likeness (QED) is 0.863. The third-order valence-corrected chi connectivity index (χ3v) is 3.60. The van der Waals surface area contributed by atoms with Crippen molar-refractivity contribution in [3.8, 4) is 0 Å². The van der Waals surface area contributed by atoms with Gasteiger partial charge in [0.15, 0.2) is 5.82 Å². The fourth-order valence-electron chi connectivity index (χ4n) is 2.36. The first-order valence-electron chi connectivity index (χ1n) is 6.69. The van der Waals surface area contributed by atoms with Crippen LogP contribution < -0.4 is 10.2 Å². The lowest BCUT2D eigenvalue weighted by atomic mass is 10.1. The Balaban J connectivity index is 1.86. The first kappa shape index (κ1) is 12.4. The van der Waals surface area contributed by atoms with Crippen LogP contribution in [-0.2, 0) is 7.05 Å². The van der Waals surface area contributed by atoms with Crippen LogP contribution in [-0.4, -0.2) is 35.5 Å². The Labute approximate surface area is 104 Å². The number of nitrogens with zero attached hydrogens (tertiary/aromatic N) is 3. The number of hydrogen-bond acceptors (Lipinski definition) is 3. The van der Waals surface area contributed by atoms with Crippen molar-refractivity contribution in [2.75, 3.05) is 24.5 Å². The maximum absolute atomic E-state index is 4.54. The van der Waals surface area contributed by atoms with Gasteiger partial charge in [-0.15, -0.1) is 0 Å². The second-order valence-corrected chi connectivity index (χ2v) is 4.98. The number of nitrogens with one attached hydrogen (secondary N) is 1. The summed E-state index contributed by atoms with van der Waals surface area (Å²) in [4.78, 5) is 2.40. The van der Waals surface area contributed by atoms with Crippen molar-refractivity contribution >= 4 is 5.82 Å². The third kappa shape index (κ3) is 3.00. The number of aryl methyl sites for hydroxylation is 2. The molecule has 4 heteroatoms. The molecule has 0 saturated carbocycles. The molecule has 96 valence electrons. The van der Waals surface area contributed by atoms with E-state index in [1.807, 2.05) is 11.7 Å². The summed E-state index contributed by atoms with van der Waals surface area (Å²) in [6.45, 7) is 7.72. The van der Waals surface area contributed by atoms with Crippen LogP contribution in [0.15, 0.2) is 6.07 Å². The van der Waals surface area contributed by atoms with Gasteiger partial charge < -0.3 is 10.2 Å². The summed E-state index contributed by atoms with van der Waals surface area (Å²) in [5.41, 5.74) is 1.23. The molecule has 4 nitrogen and oxygen atoms in total. The molecule has 1 aliphatic heterocycles. The average molecular weight is 236 g/mol. The van der Waals surface area contributed by atoms with Crippen molar-refractivity contribution in [1.29, 1.82) is 0 Å². The Morgan fingerprint density at radius 1 is 1.41 bits per heavy atom. The Morgan fingerprint density at radius 2 is 2.12 bits per heavy atom. The monoisotopic (exact) mass is 236 g/mol. The molecule has 0 atom stereocenters. The molecule has 0 radical (unpaired) electrons. The highest BCUT2D eigenvalue weighted by atomic mass is 15.3. The summed E-state index contributed by atoms with van der Waals surface area (Å²) in [6.07, 6.45) is 3.69. The van der Waals surface area contributed by atoms with Crippen molar-refractivity contribution in [3.05, 3.63) is 11.8 Å². The maximum Gasteiger partial charge on any atom is 0.150 e. The Morgan fingerprint density at radius 3 is 2.65 bits per heavy atom. The number of hydrogen-bond donors (Lipinski definition) is 1. The summed E-state index contributed by atoms with van der Waals surface area (Å²) in [5, 5.41) is 8.15. The van der Waals surface area contributed by atoms with E-state index in [1.54, 1.807) is 0 Å². The molecule has 0 spiro atoms. The predicted molar refractivity (Wildman–Crippen MR) is 71.5 cm³/mol. The SMILES string of the molecule is CCCNC1CCN(c2cc(C)n(C)n2)CC1. The molecule has 0 bridgehead atoms. The van der Waals surface area contributed by atoms with Gasteiger partial charge in [0.2, 0.25) is 0 Å². The van der Waals surface area contributed by atoms with Gasteiger partial charge in [0.25, 0.3) is 0 Å². The second kappa shape index (κ2) is 5.54. The molecule has 0 unspecified atom stereocenters. The first-order chi connectivity index (χ1) is 8.20. The number of piperidine rings is 1. The van der Waals surface area contributed by atoms with Gasteiger partial charge in [-0.1, -0.05) is 6.92 Å². The van der Waals surface area contributed by atoms with E-state index in [0.717, 1.165) is 25.5 Å². The molecular weight excluding hydrogens is 212 g/mol. The smallest absolute Gasteiger partial charge is 0.150 e. The van der Waals surface area contributed by atoms with Crippen molar-refractivity contribution in [2.45, 2.75) is 39.2 Å². The fourth-order valence-corrected chi connectivity index (χ4v) is 2.36. The van der Waals surface area contributed by atoms with Gasteiger partial charge in [0, 0.05) is 37.9 Å². The van der Waals surface area contributed by atoms with Gasteiger partial charge in [0.1, 0.15) is 0 Å². The van der Waals surface area contributed by atoms with E-state index < -0.39 is 0 Å². The van der Waals surface area contributed by atoms with Crippen LogP contribution in [0.2, 0.25) is 0 Å². The van der Waals surface area contributed by atoms with E-state index in [1.165, 1.54) is 25.0 Å². The summed E-state index contributed by atoms with van der Waals surface area (Å²) < 4.78 is 1.96. The maximum atomic E-state index is 4.54. The standard InChI is InChI=1S/C13H24N4/c1-4-7-14-12-5-8-17(9-6-12)13-10-11(2)16(3)15-13/h10,12,14H,4-9H2,1-3H3. The molecule has 1 saturated heterocycles. The lowest BCUT2D eigenvalue weighted by molar-refractivity contribution is 0.414. The molecule has 1 N–H and O–H groups in total. The molecule has 1 fully saturated rings. The van der Waals surface area contributed by atoms with Crippen LogP contribution in [0.3, 0.4) is 0 Å². The molecule has 2 heterocycles. The molecule has 17 heavy (non-hydrogen) atoms. The zero-order valence-electron chi connectivity index (χ0n) is 11.2. The lowest BCUT2D eigenvalue weighted by Crippen LogP contribution is -2.42. The van der Waals surface area contributed by atoms with Crippen molar-refractivity contribution < 1.29 is 0 Å². The highest BCUT2D eigenvalue weighted by molar-refractivity contribution is 5.40. The highest BCUT2D eigenvalue weighted by Crippen LogP contribution is 2.19. The van der Waals surface area contributed by atoms with Crippen molar-refractivity contribution in [3.63, 3.8) is 0 Å². The summed E-state index contributed by atoms with van der Waals surface area (Å²) in [5.74, 6) is 1.14. The minimum absolute atomic E-state index is 0.705. The Kier molecular flexibility index (Phi) is 4.05. The summed E-state index contributed by atoms with van der Waals surface area (Å²) in [6, 6.07) is 2.88. The van der Waals surface area contributed by atoms with Gasteiger partial charge in [-0.3, -0.25) is 4.68 Å². The third-order valence-electron chi connectivity index (χ3n) is 3.60. The van der Waals surface area contributed by atoms with Crippen LogP contribution >= 0.6 is 0 Å². The largest absolute Gasteiger partial charge is 0.355 e. The minimum Gasteiger partial charge on any atom is -0.355 e. The zero-order chi connectivity index (χ0) is 12.3. The minimum atomic E-state index is 0.705. The van der Waals surface area contributed by atoms with Crippen molar-refractivity contribution in [1.82, 2.24) is 15.1 Å². The number of aromatic nitrogens is 2. The molecule has 0 aromatic carbocycles. The van der Waals surface area contributed by atoms with E-state index in [0.29, 0.717) is 6.04 Å². The molecule has 0 aliphatic carbocycles. The van der Waals surface area contributed by atoms with E-state index in [-0.39, 0.29) is 0 Å². The normalized spacial score (nSPS) is 17.7. The lowest BCUT2D eigenvalue weighted by Gasteiger charge is -2.32. The number of rotatable bonds is 4. The van der Waals surface area contributed by atoms with E-state index >= 15 is 0 Å². The van der Waals surface area contributed by atoms with Gasteiger partial charge in [-0.25, -0.2) is 0 Å². The number of anilines is 1. The first-order valence-corrected chi connectivity index (χ1v) is 6.69. The fraction of sp³-hybridized carbons (Fsp3) is 0.769. The van der Waals surface area contributed by atoms with Crippen LogP contribution in [0.1, 0.15) is 31.9 Å². The summed E-state index contributed by atoms with van der Waals surface area (Å²) >= 11 is 0. The van der Waals surface area contributed by atoms with Crippen molar-refractivity contribution in [2.24, 2.45) is 7.05 Å². The molecule has 1 aliphatic rings. The molecular formula is C13H24N4. The van der Waals surface area contributed by atoms with Gasteiger partial charge >= 0.3 is 0 Å². The van der Waals surface area contributed by atoms with E-state index in [9.17, 15) is 0 Å². The molecule has 1 aromatic rings. The summed E-state index contributed by atoms with van der Waals surface area (Å²) in [7, 11) is 2.01. The molecule has 0 amide bonds. The van der Waals surface area contributed by atoms with E-state index in [2.05, 4.69) is 35.2 Å². The van der Waals surface area contributed by atoms with Crippen LogP contribution in [0.5, 0.6) is 0 Å². The van der Waals surface area contributed by atoms with Gasteiger partial charge in [-0.05, 0) is 32.7 Å². The zero-order valence-corrected chi connectivity index (χ0v) is 11.2. The molecule has 2 rings (SSSR count). The van der Waals surface area contributed by atoms with E-state index in [4.69, 9.17) is 0 Å².